The minimum Gasteiger partial charge on any atom is -0.383 e. The standard InChI is InChI=1S/C18H29N7O/c1-15(2)17(18-20-21-22-25(18)11-12-26-3)24-9-7-23(8-10-24)14-16-5-4-6-19-13-16/h4-6,13,15,17H,7-12,14H2,1-3H3/t17-/m0/s1. The van der Waals surface area contributed by atoms with Gasteiger partial charge in [0.05, 0.1) is 19.2 Å². The van der Waals surface area contributed by atoms with Crippen LogP contribution in [0.1, 0.15) is 31.3 Å². The highest BCUT2D eigenvalue weighted by molar-refractivity contribution is 5.08. The van der Waals surface area contributed by atoms with E-state index in [1.54, 1.807) is 7.11 Å². The Balaban J connectivity index is 1.63. The molecule has 142 valence electrons. The maximum Gasteiger partial charge on any atom is 0.168 e. The minimum atomic E-state index is 0.224. The van der Waals surface area contributed by atoms with Gasteiger partial charge in [0.1, 0.15) is 0 Å². The average Bonchev–Trinajstić information content (AvgIpc) is 3.10. The number of nitrogens with zero attached hydrogens (tertiary/aromatic N) is 7. The molecule has 2 aromatic heterocycles. The van der Waals surface area contributed by atoms with Crippen molar-refractivity contribution in [1.29, 1.82) is 0 Å². The Morgan fingerprint density at radius 3 is 2.65 bits per heavy atom. The fraction of sp³-hybridized carbons (Fsp3) is 0.667. The molecule has 1 fully saturated rings. The Morgan fingerprint density at radius 1 is 1.19 bits per heavy atom. The van der Waals surface area contributed by atoms with Gasteiger partial charge in [0.25, 0.3) is 0 Å². The maximum absolute atomic E-state index is 5.18. The topological polar surface area (TPSA) is 72.2 Å². The van der Waals surface area contributed by atoms with E-state index in [2.05, 4.69) is 50.2 Å². The second-order valence-electron chi connectivity index (χ2n) is 7.12. The molecule has 3 heterocycles. The third-order valence-electron chi connectivity index (χ3n) is 4.89. The van der Waals surface area contributed by atoms with Crippen LogP contribution >= 0.6 is 0 Å². The zero-order valence-electron chi connectivity index (χ0n) is 16.0. The van der Waals surface area contributed by atoms with Crippen LogP contribution < -0.4 is 0 Å². The van der Waals surface area contributed by atoms with Crippen LogP contribution in [0.5, 0.6) is 0 Å². The highest BCUT2D eigenvalue weighted by Crippen LogP contribution is 2.28. The molecule has 3 rings (SSSR count). The Bertz CT molecular complexity index is 653. The van der Waals surface area contributed by atoms with Crippen molar-refractivity contribution in [2.75, 3.05) is 39.9 Å². The Labute approximate surface area is 155 Å². The Kier molecular flexibility index (Phi) is 6.65. The SMILES string of the molecule is COCCn1nnnc1[C@H](C(C)C)N1CCN(Cc2cccnc2)CC1. The van der Waals surface area contributed by atoms with Gasteiger partial charge in [0.2, 0.25) is 0 Å². The van der Waals surface area contributed by atoms with E-state index in [1.807, 2.05) is 23.1 Å². The summed E-state index contributed by atoms with van der Waals surface area (Å²) in [6, 6.07) is 4.36. The average molecular weight is 359 g/mol. The molecule has 0 bridgehead atoms. The van der Waals surface area contributed by atoms with Gasteiger partial charge in [-0.2, -0.15) is 0 Å². The molecule has 26 heavy (non-hydrogen) atoms. The van der Waals surface area contributed by atoms with Gasteiger partial charge in [-0.1, -0.05) is 19.9 Å². The molecule has 2 aromatic rings. The van der Waals surface area contributed by atoms with Gasteiger partial charge in [-0.3, -0.25) is 14.8 Å². The summed E-state index contributed by atoms with van der Waals surface area (Å²) in [5.41, 5.74) is 1.27. The van der Waals surface area contributed by atoms with Gasteiger partial charge in [-0.25, -0.2) is 4.68 Å². The zero-order chi connectivity index (χ0) is 18.4. The molecule has 0 radical (unpaired) electrons. The second kappa shape index (κ2) is 9.16. The second-order valence-corrected chi connectivity index (χ2v) is 7.12. The van der Waals surface area contributed by atoms with Crippen LogP contribution in [0.25, 0.3) is 0 Å². The van der Waals surface area contributed by atoms with E-state index in [0.717, 1.165) is 38.5 Å². The predicted octanol–water partition coefficient (Wildman–Crippen LogP) is 1.23. The van der Waals surface area contributed by atoms with Crippen LogP contribution in [-0.2, 0) is 17.8 Å². The van der Waals surface area contributed by atoms with Crippen molar-refractivity contribution < 1.29 is 4.74 Å². The van der Waals surface area contributed by atoms with E-state index in [-0.39, 0.29) is 6.04 Å². The lowest BCUT2D eigenvalue weighted by atomic mass is 10.0. The van der Waals surface area contributed by atoms with Gasteiger partial charge < -0.3 is 4.74 Å². The summed E-state index contributed by atoms with van der Waals surface area (Å²) < 4.78 is 7.07. The van der Waals surface area contributed by atoms with Gasteiger partial charge in [-0.05, 0) is 28.0 Å². The number of pyridine rings is 1. The highest BCUT2D eigenvalue weighted by Gasteiger charge is 2.31. The molecular weight excluding hydrogens is 330 g/mol. The smallest absolute Gasteiger partial charge is 0.168 e. The number of aromatic nitrogens is 5. The minimum absolute atomic E-state index is 0.224. The van der Waals surface area contributed by atoms with E-state index in [4.69, 9.17) is 4.74 Å². The third kappa shape index (κ3) is 4.63. The van der Waals surface area contributed by atoms with Crippen LogP contribution in [-0.4, -0.2) is 74.9 Å². The molecule has 0 amide bonds. The summed E-state index contributed by atoms with van der Waals surface area (Å²) in [6.07, 6.45) is 3.77. The van der Waals surface area contributed by atoms with Gasteiger partial charge >= 0.3 is 0 Å². The van der Waals surface area contributed by atoms with Crippen LogP contribution in [0.3, 0.4) is 0 Å². The lowest BCUT2D eigenvalue weighted by Crippen LogP contribution is -2.48. The highest BCUT2D eigenvalue weighted by atomic mass is 16.5. The van der Waals surface area contributed by atoms with E-state index >= 15 is 0 Å². The molecule has 0 aromatic carbocycles. The molecule has 1 aliphatic heterocycles. The third-order valence-corrected chi connectivity index (χ3v) is 4.89. The fourth-order valence-electron chi connectivity index (χ4n) is 3.59. The molecule has 8 nitrogen and oxygen atoms in total. The summed E-state index contributed by atoms with van der Waals surface area (Å²) in [7, 11) is 1.70. The molecule has 1 saturated heterocycles. The summed E-state index contributed by atoms with van der Waals surface area (Å²) >= 11 is 0. The number of hydrogen-bond acceptors (Lipinski definition) is 7. The lowest BCUT2D eigenvalue weighted by molar-refractivity contribution is 0.0651. The summed E-state index contributed by atoms with van der Waals surface area (Å²) in [5, 5.41) is 12.4. The first-order valence-electron chi connectivity index (χ1n) is 9.29. The molecule has 0 aliphatic carbocycles. The fourth-order valence-corrected chi connectivity index (χ4v) is 3.59. The van der Waals surface area contributed by atoms with Crippen LogP contribution in [0.15, 0.2) is 24.5 Å². The van der Waals surface area contributed by atoms with Crippen molar-refractivity contribution in [3.63, 3.8) is 0 Å². The predicted molar refractivity (Wildman–Crippen MR) is 98.4 cm³/mol. The van der Waals surface area contributed by atoms with Crippen molar-refractivity contribution >= 4 is 0 Å². The molecule has 0 spiro atoms. The first kappa shape index (κ1) is 18.9. The monoisotopic (exact) mass is 359 g/mol. The van der Waals surface area contributed by atoms with Crippen molar-refractivity contribution in [2.45, 2.75) is 33.0 Å². The number of ether oxygens (including phenoxy) is 1. The van der Waals surface area contributed by atoms with Crippen molar-refractivity contribution in [1.82, 2.24) is 35.0 Å². The normalized spacial score (nSPS) is 17.7. The van der Waals surface area contributed by atoms with Crippen molar-refractivity contribution in [2.24, 2.45) is 5.92 Å². The first-order valence-corrected chi connectivity index (χ1v) is 9.29. The number of rotatable bonds is 8. The van der Waals surface area contributed by atoms with Gasteiger partial charge in [0, 0.05) is 52.2 Å². The lowest BCUT2D eigenvalue weighted by Gasteiger charge is -2.40. The molecule has 0 unspecified atom stereocenters. The molecule has 0 saturated carbocycles. The molecular formula is C18H29N7O. The van der Waals surface area contributed by atoms with E-state index < -0.39 is 0 Å². The molecule has 8 heteroatoms. The Morgan fingerprint density at radius 2 is 2.00 bits per heavy atom. The van der Waals surface area contributed by atoms with Crippen molar-refractivity contribution in [3.8, 4) is 0 Å². The molecule has 1 aliphatic rings. The van der Waals surface area contributed by atoms with E-state index in [1.165, 1.54) is 5.56 Å². The Hall–Kier alpha value is -1.90. The first-order chi connectivity index (χ1) is 12.7. The maximum atomic E-state index is 5.18. The van der Waals surface area contributed by atoms with Crippen LogP contribution in [0.4, 0.5) is 0 Å². The van der Waals surface area contributed by atoms with Crippen molar-refractivity contribution in [3.05, 3.63) is 35.9 Å². The summed E-state index contributed by atoms with van der Waals surface area (Å²) in [5.74, 6) is 1.38. The largest absolute Gasteiger partial charge is 0.383 e. The zero-order valence-corrected chi connectivity index (χ0v) is 16.0. The number of methoxy groups -OCH3 is 1. The summed E-state index contributed by atoms with van der Waals surface area (Å²) in [4.78, 5) is 9.21. The number of hydrogen-bond donors (Lipinski definition) is 0. The molecule has 0 N–H and O–H groups in total. The van der Waals surface area contributed by atoms with E-state index in [9.17, 15) is 0 Å². The number of piperazine rings is 1. The van der Waals surface area contributed by atoms with Crippen LogP contribution in [0.2, 0.25) is 0 Å². The number of tetrazole rings is 1. The quantitative estimate of drug-likeness (QED) is 0.702. The van der Waals surface area contributed by atoms with Crippen LogP contribution in [0, 0.1) is 5.92 Å². The van der Waals surface area contributed by atoms with E-state index in [0.29, 0.717) is 19.1 Å². The van der Waals surface area contributed by atoms with Gasteiger partial charge in [0.15, 0.2) is 5.82 Å². The molecule has 1 atom stereocenters. The van der Waals surface area contributed by atoms with Gasteiger partial charge in [-0.15, -0.1) is 5.10 Å². The summed E-state index contributed by atoms with van der Waals surface area (Å²) in [6.45, 7) is 10.8.